The van der Waals surface area contributed by atoms with E-state index in [0.29, 0.717) is 30.9 Å². The van der Waals surface area contributed by atoms with Gasteiger partial charge in [-0.2, -0.15) is 4.31 Å². The predicted molar refractivity (Wildman–Crippen MR) is 119 cm³/mol. The van der Waals surface area contributed by atoms with E-state index in [9.17, 15) is 8.42 Å². The fourth-order valence-electron chi connectivity index (χ4n) is 4.21. The molecule has 1 N–H and O–H groups in total. The number of fused-ring (bicyclic) bond motifs is 1. The van der Waals surface area contributed by atoms with Crippen LogP contribution in [-0.2, 0) is 17.1 Å². The number of nitrogens with zero attached hydrogens (tertiary/aromatic N) is 5. The van der Waals surface area contributed by atoms with Gasteiger partial charge in [-0.05, 0) is 47.5 Å². The number of sulfonamides is 1. The Morgan fingerprint density at radius 2 is 1.94 bits per heavy atom. The maximum atomic E-state index is 13.3. The molecule has 9 heteroatoms. The first-order valence-electron chi connectivity index (χ1n) is 10.0. The number of H-pyrrole nitrogens is 1. The minimum Gasteiger partial charge on any atom is -0.358 e. The van der Waals surface area contributed by atoms with Gasteiger partial charge in [-0.15, -0.1) is 5.10 Å². The molecule has 158 valence electrons. The van der Waals surface area contributed by atoms with Crippen molar-refractivity contribution < 1.29 is 8.42 Å². The van der Waals surface area contributed by atoms with Gasteiger partial charge < -0.3 is 4.98 Å². The summed E-state index contributed by atoms with van der Waals surface area (Å²) in [4.78, 5) is 3.67. The fourth-order valence-corrected chi connectivity index (χ4v) is 5.63. The number of tetrazole rings is 1. The van der Waals surface area contributed by atoms with Gasteiger partial charge in [0.2, 0.25) is 10.0 Å². The van der Waals surface area contributed by atoms with Gasteiger partial charge in [0, 0.05) is 47.9 Å². The third-order valence-corrected chi connectivity index (χ3v) is 7.60. The van der Waals surface area contributed by atoms with E-state index < -0.39 is 10.0 Å². The Balaban J connectivity index is 1.44. The first-order valence-corrected chi connectivity index (χ1v) is 11.5. The number of hydrogen-bond acceptors (Lipinski definition) is 5. The SMILES string of the molecule is Cc1[nH]c2ccccc2c1C1=CCN(S(=O)(=O)c2cccc(-c3nnnn3C)c2)CC1. The molecule has 0 saturated heterocycles. The lowest BCUT2D eigenvalue weighted by Crippen LogP contribution is -2.34. The highest BCUT2D eigenvalue weighted by Crippen LogP contribution is 2.33. The Morgan fingerprint density at radius 1 is 1.10 bits per heavy atom. The van der Waals surface area contributed by atoms with Crippen molar-refractivity contribution in [1.82, 2.24) is 29.5 Å². The summed E-state index contributed by atoms with van der Waals surface area (Å²) in [5, 5.41) is 12.6. The monoisotopic (exact) mass is 434 g/mol. The Kier molecular flexibility index (Phi) is 4.71. The lowest BCUT2D eigenvalue weighted by atomic mass is 9.97. The Hall–Kier alpha value is -3.30. The zero-order chi connectivity index (χ0) is 21.6. The molecule has 0 aliphatic carbocycles. The van der Waals surface area contributed by atoms with Gasteiger partial charge in [0.25, 0.3) is 0 Å². The van der Waals surface area contributed by atoms with Crippen LogP contribution in [0.5, 0.6) is 0 Å². The van der Waals surface area contributed by atoms with Crippen LogP contribution >= 0.6 is 0 Å². The van der Waals surface area contributed by atoms with Crippen molar-refractivity contribution in [1.29, 1.82) is 0 Å². The molecule has 5 rings (SSSR count). The number of aromatic nitrogens is 5. The summed E-state index contributed by atoms with van der Waals surface area (Å²) in [5.74, 6) is 0.521. The number of benzene rings is 2. The molecule has 1 aliphatic heterocycles. The fraction of sp³-hybridized carbons (Fsp3) is 0.227. The summed E-state index contributed by atoms with van der Waals surface area (Å²) in [6, 6.07) is 15.0. The smallest absolute Gasteiger partial charge is 0.243 e. The molecule has 4 aromatic rings. The number of aryl methyl sites for hydroxylation is 2. The van der Waals surface area contributed by atoms with E-state index in [2.05, 4.69) is 39.6 Å². The number of aromatic amines is 1. The van der Waals surface area contributed by atoms with Crippen LogP contribution in [0.1, 0.15) is 17.7 Å². The maximum absolute atomic E-state index is 13.3. The lowest BCUT2D eigenvalue weighted by Gasteiger charge is -2.26. The van der Waals surface area contributed by atoms with Gasteiger partial charge in [0.05, 0.1) is 4.90 Å². The number of nitrogens with one attached hydrogen (secondary N) is 1. The quantitative estimate of drug-likeness (QED) is 0.532. The highest BCUT2D eigenvalue weighted by molar-refractivity contribution is 7.89. The first-order chi connectivity index (χ1) is 14.9. The van der Waals surface area contributed by atoms with Crippen molar-refractivity contribution in [3.63, 3.8) is 0 Å². The molecule has 31 heavy (non-hydrogen) atoms. The van der Waals surface area contributed by atoms with Gasteiger partial charge in [-0.1, -0.05) is 36.4 Å². The van der Waals surface area contributed by atoms with Crippen LogP contribution in [0.2, 0.25) is 0 Å². The minimum atomic E-state index is -3.63. The molecule has 0 saturated carbocycles. The third-order valence-electron chi connectivity index (χ3n) is 5.74. The Bertz CT molecular complexity index is 1420. The molecule has 0 amide bonds. The van der Waals surface area contributed by atoms with Crippen LogP contribution in [0.4, 0.5) is 0 Å². The van der Waals surface area contributed by atoms with E-state index in [-0.39, 0.29) is 4.90 Å². The van der Waals surface area contributed by atoms with Crippen LogP contribution in [0.25, 0.3) is 27.9 Å². The number of hydrogen-bond donors (Lipinski definition) is 1. The molecular formula is C22H22N6O2S. The van der Waals surface area contributed by atoms with Gasteiger partial charge >= 0.3 is 0 Å². The second-order valence-electron chi connectivity index (χ2n) is 7.67. The zero-order valence-corrected chi connectivity index (χ0v) is 18.1. The van der Waals surface area contributed by atoms with E-state index in [4.69, 9.17) is 0 Å². The van der Waals surface area contributed by atoms with Crippen molar-refractivity contribution >= 4 is 26.5 Å². The van der Waals surface area contributed by atoms with Crippen molar-refractivity contribution in [3.05, 3.63) is 65.9 Å². The number of rotatable bonds is 4. The standard InChI is InChI=1S/C22H22N6O2S/c1-15-21(19-8-3-4-9-20(19)23-15)16-10-12-28(13-11-16)31(29,30)18-7-5-6-17(14-18)22-24-25-26-27(22)2/h3-10,14,23H,11-13H2,1-2H3. The first kappa shape index (κ1) is 19.7. The predicted octanol–water partition coefficient (Wildman–Crippen LogP) is 3.14. The summed E-state index contributed by atoms with van der Waals surface area (Å²) in [6.07, 6.45) is 2.69. The van der Waals surface area contributed by atoms with E-state index in [1.54, 1.807) is 31.3 Å². The maximum Gasteiger partial charge on any atom is 0.243 e. The largest absolute Gasteiger partial charge is 0.358 e. The Morgan fingerprint density at radius 3 is 2.68 bits per heavy atom. The second kappa shape index (κ2) is 7.44. The van der Waals surface area contributed by atoms with E-state index in [0.717, 1.165) is 11.2 Å². The summed E-state index contributed by atoms with van der Waals surface area (Å²) >= 11 is 0. The van der Waals surface area contributed by atoms with Crippen LogP contribution in [-0.4, -0.2) is 51.0 Å². The summed E-state index contributed by atoms with van der Waals surface area (Å²) in [5.41, 5.74) is 5.23. The van der Waals surface area contributed by atoms with Crippen molar-refractivity contribution in [2.75, 3.05) is 13.1 Å². The molecule has 2 aromatic heterocycles. The van der Waals surface area contributed by atoms with Crippen molar-refractivity contribution in [2.24, 2.45) is 7.05 Å². The molecule has 1 aliphatic rings. The van der Waals surface area contributed by atoms with Gasteiger partial charge in [-0.25, -0.2) is 13.1 Å². The highest BCUT2D eigenvalue weighted by atomic mass is 32.2. The molecule has 0 atom stereocenters. The summed E-state index contributed by atoms with van der Waals surface area (Å²) < 4.78 is 29.6. The minimum absolute atomic E-state index is 0.244. The molecule has 0 radical (unpaired) electrons. The van der Waals surface area contributed by atoms with Gasteiger partial charge in [-0.3, -0.25) is 0 Å². The van der Waals surface area contributed by atoms with Gasteiger partial charge in [0.1, 0.15) is 0 Å². The lowest BCUT2D eigenvalue weighted by molar-refractivity contribution is 0.441. The van der Waals surface area contributed by atoms with Crippen LogP contribution < -0.4 is 0 Å². The molecule has 0 fully saturated rings. The van der Waals surface area contributed by atoms with Crippen molar-refractivity contribution in [3.8, 4) is 11.4 Å². The average Bonchev–Trinajstić information content (AvgIpc) is 3.36. The molecular weight excluding hydrogens is 412 g/mol. The van der Waals surface area contributed by atoms with E-state index in [1.165, 1.54) is 25.5 Å². The normalized spacial score (nSPS) is 15.4. The van der Waals surface area contributed by atoms with Crippen LogP contribution in [0.3, 0.4) is 0 Å². The van der Waals surface area contributed by atoms with Gasteiger partial charge in [0.15, 0.2) is 5.82 Å². The second-order valence-corrected chi connectivity index (χ2v) is 9.60. The molecule has 0 bridgehead atoms. The van der Waals surface area contributed by atoms with E-state index >= 15 is 0 Å². The molecule has 8 nitrogen and oxygen atoms in total. The van der Waals surface area contributed by atoms with Crippen LogP contribution in [0.15, 0.2) is 59.5 Å². The topological polar surface area (TPSA) is 96.8 Å². The molecule has 3 heterocycles. The average molecular weight is 435 g/mol. The number of para-hydroxylation sites is 1. The highest BCUT2D eigenvalue weighted by Gasteiger charge is 2.28. The van der Waals surface area contributed by atoms with E-state index in [1.807, 2.05) is 18.2 Å². The zero-order valence-electron chi connectivity index (χ0n) is 17.3. The van der Waals surface area contributed by atoms with Crippen LogP contribution in [0, 0.1) is 6.92 Å². The summed E-state index contributed by atoms with van der Waals surface area (Å²) in [7, 11) is -1.91. The molecule has 0 spiro atoms. The summed E-state index contributed by atoms with van der Waals surface area (Å²) in [6.45, 7) is 2.83. The molecule has 0 unspecified atom stereocenters. The Labute approximate surface area is 180 Å². The van der Waals surface area contributed by atoms with Crippen molar-refractivity contribution in [2.45, 2.75) is 18.2 Å². The third kappa shape index (κ3) is 3.35. The molecule has 2 aromatic carbocycles.